The van der Waals surface area contributed by atoms with Crippen molar-refractivity contribution in [1.82, 2.24) is 0 Å². The van der Waals surface area contributed by atoms with E-state index in [4.69, 9.17) is 14.2 Å². The molecule has 0 bridgehead atoms. The van der Waals surface area contributed by atoms with Crippen LogP contribution in [0.5, 0.6) is 0 Å². The van der Waals surface area contributed by atoms with E-state index in [0.29, 0.717) is 0 Å². The lowest BCUT2D eigenvalue weighted by Gasteiger charge is -2.45. The minimum absolute atomic E-state index is 0.274. The van der Waals surface area contributed by atoms with Crippen LogP contribution in [0, 0.1) is 0 Å². The van der Waals surface area contributed by atoms with Gasteiger partial charge < -0.3 is 50.0 Å². The molecule has 0 amide bonds. The van der Waals surface area contributed by atoms with E-state index >= 15 is 0 Å². The van der Waals surface area contributed by atoms with Crippen molar-refractivity contribution in [2.45, 2.75) is 67.5 Å². The van der Waals surface area contributed by atoms with Crippen LogP contribution in [-0.4, -0.2) is 124 Å². The first-order valence-corrected chi connectivity index (χ1v) is 10.6. The van der Waals surface area contributed by atoms with Crippen LogP contribution in [0.25, 0.3) is 0 Å². The van der Waals surface area contributed by atoms with E-state index in [9.17, 15) is 44.2 Å². The zero-order valence-electron chi connectivity index (χ0n) is 15.7. The van der Waals surface area contributed by atoms with E-state index in [0.717, 1.165) is 0 Å². The second kappa shape index (κ2) is 9.62. The van der Waals surface area contributed by atoms with Gasteiger partial charge >= 0.3 is 0 Å². The van der Waals surface area contributed by atoms with Gasteiger partial charge in [0.2, 0.25) is 0 Å². The zero-order valence-corrected chi connectivity index (χ0v) is 16.5. The van der Waals surface area contributed by atoms with Crippen molar-refractivity contribution in [2.24, 2.45) is 0 Å². The molecule has 2 fully saturated rings. The normalized spacial score (nSPS) is 43.9. The Bertz CT molecular complexity index is 665. The van der Waals surface area contributed by atoms with Crippen molar-refractivity contribution in [2.75, 3.05) is 19.0 Å². The van der Waals surface area contributed by atoms with Crippen LogP contribution in [-0.2, 0) is 24.0 Å². The molecule has 2 saturated heterocycles. The fourth-order valence-corrected chi connectivity index (χ4v) is 5.03. The van der Waals surface area contributed by atoms with Crippen molar-refractivity contribution in [3.8, 4) is 0 Å². The Morgan fingerprint density at radius 2 is 1.48 bits per heavy atom. The quantitative estimate of drug-likeness (QED) is 0.186. The van der Waals surface area contributed by atoms with Crippen LogP contribution < -0.4 is 0 Å². The third kappa shape index (κ3) is 5.14. The largest absolute Gasteiger partial charge is 0.394 e. The molecule has 0 unspecified atom stereocenters. The van der Waals surface area contributed by atoms with Gasteiger partial charge in [-0.25, -0.2) is 8.42 Å². The Balaban J connectivity index is 2.21. The average Bonchev–Trinajstić information content (AvgIpc) is 2.64. The maximum absolute atomic E-state index is 12.4. The topological polar surface area (TPSA) is 203 Å². The van der Waals surface area contributed by atoms with Crippen molar-refractivity contribution >= 4 is 9.84 Å². The maximum atomic E-state index is 12.4. The van der Waals surface area contributed by atoms with Gasteiger partial charge in [0.1, 0.15) is 48.8 Å². The van der Waals surface area contributed by atoms with Gasteiger partial charge in [-0.2, -0.15) is 0 Å². The minimum atomic E-state index is -4.09. The second-order valence-electron chi connectivity index (χ2n) is 7.27. The first-order chi connectivity index (χ1) is 13.4. The number of rotatable bonds is 7. The summed E-state index contributed by atoms with van der Waals surface area (Å²) in [5.41, 5.74) is -1.59. The third-order valence-electron chi connectivity index (χ3n) is 4.76. The first-order valence-electron chi connectivity index (χ1n) is 8.89. The number of hydrogen-bond acceptors (Lipinski definition) is 12. The highest BCUT2D eigenvalue weighted by molar-refractivity contribution is 7.92. The number of hydrogen-bond donors (Lipinski definition) is 7. The van der Waals surface area contributed by atoms with E-state index in [-0.39, 0.29) is 5.57 Å². The Hall–Kier alpha value is -0.710. The molecule has 0 aromatic rings. The van der Waals surface area contributed by atoms with Gasteiger partial charge in [-0.3, -0.25) is 0 Å². The van der Waals surface area contributed by atoms with Gasteiger partial charge in [-0.05, 0) is 6.92 Å². The Morgan fingerprint density at radius 3 is 2.00 bits per heavy atom. The monoisotopic (exact) mass is 444 g/mol. The van der Waals surface area contributed by atoms with Gasteiger partial charge in [-0.15, -0.1) is 0 Å². The lowest BCUT2D eigenvalue weighted by Crippen LogP contribution is -2.65. The van der Waals surface area contributed by atoms with Crippen LogP contribution >= 0.6 is 0 Å². The molecule has 0 spiro atoms. The fourth-order valence-electron chi connectivity index (χ4n) is 3.28. The summed E-state index contributed by atoms with van der Waals surface area (Å²) < 4.78 is 40.6. The van der Waals surface area contributed by atoms with E-state index in [2.05, 4.69) is 6.58 Å². The standard InChI is InChI=1S/C16H28O12S/c1-6(2)5-29(24,25)16-13(23)11(21)14(8(4-18)27-16)28-15-12(22)10(20)9(19)7(3-17)26-15/h7-23H,1,3-5H2,2H3/t7-,8-,9-,10+,11-,12-,13-,14-,15+,16+/m1/s1. The molecule has 2 heterocycles. The highest BCUT2D eigenvalue weighted by Gasteiger charge is 2.52. The van der Waals surface area contributed by atoms with Crippen molar-refractivity contribution in [1.29, 1.82) is 0 Å². The molecule has 10 atom stereocenters. The van der Waals surface area contributed by atoms with Gasteiger partial charge in [0.05, 0.1) is 19.0 Å². The van der Waals surface area contributed by atoms with Gasteiger partial charge in [0, 0.05) is 0 Å². The summed E-state index contributed by atoms with van der Waals surface area (Å²) in [6, 6.07) is 0. The summed E-state index contributed by atoms with van der Waals surface area (Å²) in [4.78, 5) is 0. The predicted octanol–water partition coefficient (Wildman–Crippen LogP) is -4.40. The van der Waals surface area contributed by atoms with Crippen LogP contribution in [0.15, 0.2) is 12.2 Å². The summed E-state index contributed by atoms with van der Waals surface area (Å²) in [6.07, 6.45) is -15.0. The van der Waals surface area contributed by atoms with Crippen molar-refractivity contribution in [3.63, 3.8) is 0 Å². The molecular formula is C16H28O12S. The van der Waals surface area contributed by atoms with Gasteiger partial charge in [-0.1, -0.05) is 12.2 Å². The zero-order chi connectivity index (χ0) is 22.1. The molecule has 0 saturated carbocycles. The maximum Gasteiger partial charge on any atom is 0.187 e. The summed E-state index contributed by atoms with van der Waals surface area (Å²) in [5, 5.41) is 69.1. The molecule has 2 rings (SSSR count). The summed E-state index contributed by atoms with van der Waals surface area (Å²) in [6.45, 7) is 3.41. The smallest absolute Gasteiger partial charge is 0.187 e. The first kappa shape index (κ1) is 24.6. The second-order valence-corrected chi connectivity index (χ2v) is 9.35. The van der Waals surface area contributed by atoms with E-state index in [1.165, 1.54) is 6.92 Å². The van der Waals surface area contributed by atoms with Crippen LogP contribution in [0.3, 0.4) is 0 Å². The summed E-state index contributed by atoms with van der Waals surface area (Å²) >= 11 is 0. The lowest BCUT2D eigenvalue weighted by atomic mass is 9.97. The van der Waals surface area contributed by atoms with E-state index < -0.39 is 89.4 Å². The molecule has 12 nitrogen and oxygen atoms in total. The molecule has 0 radical (unpaired) electrons. The Kier molecular flexibility index (Phi) is 8.14. The van der Waals surface area contributed by atoms with Crippen LogP contribution in [0.1, 0.15) is 6.92 Å². The number of sulfone groups is 1. The Morgan fingerprint density at radius 1 is 0.897 bits per heavy atom. The van der Waals surface area contributed by atoms with Crippen LogP contribution in [0.4, 0.5) is 0 Å². The molecule has 7 N–H and O–H groups in total. The lowest BCUT2D eigenvalue weighted by molar-refractivity contribution is -0.338. The molecule has 2 aliphatic rings. The predicted molar refractivity (Wildman–Crippen MR) is 95.0 cm³/mol. The molecular weight excluding hydrogens is 416 g/mol. The number of ether oxygens (including phenoxy) is 3. The molecule has 0 aromatic carbocycles. The Labute approximate surface area is 167 Å². The molecule has 29 heavy (non-hydrogen) atoms. The number of aliphatic hydroxyl groups excluding tert-OH is 7. The van der Waals surface area contributed by atoms with Crippen molar-refractivity contribution < 1.29 is 58.4 Å². The van der Waals surface area contributed by atoms with E-state index in [1.54, 1.807) is 0 Å². The highest BCUT2D eigenvalue weighted by atomic mass is 32.2. The summed E-state index contributed by atoms with van der Waals surface area (Å²) in [5.74, 6) is -0.516. The molecule has 0 aromatic heterocycles. The molecule has 0 aliphatic carbocycles. The molecule has 170 valence electrons. The minimum Gasteiger partial charge on any atom is -0.394 e. The third-order valence-corrected chi connectivity index (χ3v) is 6.75. The van der Waals surface area contributed by atoms with E-state index in [1.807, 2.05) is 0 Å². The van der Waals surface area contributed by atoms with Gasteiger partial charge in [0.25, 0.3) is 0 Å². The molecule has 13 heteroatoms. The number of aliphatic hydroxyl groups is 7. The SMILES string of the molecule is C=C(C)CS(=O)(=O)[C@@H]1O[C@H](CO)[C@@H](O[C@@H]2O[C@H](CO)[C@@H](O)[C@H](O)[C@H]2O)[C@H](O)[C@H]1O. The molecule has 2 aliphatic heterocycles. The highest BCUT2D eigenvalue weighted by Crippen LogP contribution is 2.31. The average molecular weight is 444 g/mol. The fraction of sp³-hybridized carbons (Fsp3) is 0.875. The van der Waals surface area contributed by atoms with Crippen molar-refractivity contribution in [3.05, 3.63) is 12.2 Å². The van der Waals surface area contributed by atoms with Gasteiger partial charge in [0.15, 0.2) is 21.6 Å². The summed E-state index contributed by atoms with van der Waals surface area (Å²) in [7, 11) is -4.09. The van der Waals surface area contributed by atoms with Crippen LogP contribution in [0.2, 0.25) is 0 Å².